The van der Waals surface area contributed by atoms with Crippen LogP contribution in [0.1, 0.15) is 62.2 Å². The van der Waals surface area contributed by atoms with Crippen LogP contribution in [-0.2, 0) is 9.59 Å². The molecule has 3 fully saturated rings. The number of benzene rings is 1. The standard InChI is InChI=1S/C30H38N6O3S/c1-3-30(14-6-5-7-15-30)34-27(38)24(20-31)29-36(4-2)28(39)25(40-29)21-33-23-12-10-22(11-13-23)26(37)32-16-19-35-17-8-9-18-35/h1,10-13,25,33H,4-9,14-19,21H2,2H3,(H,32,37)(H,34,38)/b29-24-/t25-/m1/s1. The van der Waals surface area contributed by atoms with Crippen LogP contribution in [0.2, 0.25) is 0 Å². The largest absolute Gasteiger partial charge is 0.383 e. The van der Waals surface area contributed by atoms with Crippen LogP contribution in [0.5, 0.6) is 0 Å². The molecule has 1 aliphatic carbocycles. The molecule has 1 aromatic rings. The van der Waals surface area contributed by atoms with Gasteiger partial charge < -0.3 is 25.8 Å². The van der Waals surface area contributed by atoms with Crippen molar-refractivity contribution in [3.63, 3.8) is 0 Å². The average Bonchev–Trinajstić information content (AvgIpc) is 3.60. The van der Waals surface area contributed by atoms with Crippen molar-refractivity contribution in [3.05, 3.63) is 40.4 Å². The van der Waals surface area contributed by atoms with Crippen molar-refractivity contribution in [2.24, 2.45) is 0 Å². The fourth-order valence-electron chi connectivity index (χ4n) is 5.47. The second-order valence-electron chi connectivity index (χ2n) is 10.5. The van der Waals surface area contributed by atoms with Gasteiger partial charge in [-0.2, -0.15) is 5.26 Å². The van der Waals surface area contributed by atoms with Crippen molar-refractivity contribution < 1.29 is 14.4 Å². The maximum absolute atomic E-state index is 13.2. The van der Waals surface area contributed by atoms with E-state index < -0.39 is 16.7 Å². The highest BCUT2D eigenvalue weighted by atomic mass is 32.2. The summed E-state index contributed by atoms with van der Waals surface area (Å²) in [5.74, 6) is 1.95. The molecule has 0 radical (unpaired) electrons. The fraction of sp³-hybridized carbons (Fsp3) is 0.533. The zero-order chi connectivity index (χ0) is 28.5. The number of rotatable bonds is 10. The minimum atomic E-state index is -0.750. The van der Waals surface area contributed by atoms with Gasteiger partial charge in [-0.3, -0.25) is 14.4 Å². The van der Waals surface area contributed by atoms with Gasteiger partial charge in [0, 0.05) is 37.4 Å². The summed E-state index contributed by atoms with van der Waals surface area (Å²) in [6.07, 6.45) is 12.5. The van der Waals surface area contributed by atoms with E-state index in [1.54, 1.807) is 12.1 Å². The lowest BCUT2D eigenvalue weighted by molar-refractivity contribution is -0.127. The van der Waals surface area contributed by atoms with E-state index >= 15 is 0 Å². The predicted molar refractivity (Wildman–Crippen MR) is 157 cm³/mol. The predicted octanol–water partition coefficient (Wildman–Crippen LogP) is 3.08. The Kier molecular flexibility index (Phi) is 10.1. The number of thioether (sulfide) groups is 1. The summed E-state index contributed by atoms with van der Waals surface area (Å²) in [6.45, 7) is 6.16. The van der Waals surface area contributed by atoms with Crippen LogP contribution in [0.25, 0.3) is 0 Å². The summed E-state index contributed by atoms with van der Waals surface area (Å²) in [6, 6.07) is 9.16. The number of amides is 3. The Hall–Kier alpha value is -3.47. The van der Waals surface area contributed by atoms with Crippen LogP contribution in [0, 0.1) is 23.7 Å². The van der Waals surface area contributed by atoms with Crippen LogP contribution < -0.4 is 16.0 Å². The van der Waals surface area contributed by atoms with Gasteiger partial charge in [0.15, 0.2) is 0 Å². The van der Waals surface area contributed by atoms with Gasteiger partial charge in [-0.15, -0.1) is 6.42 Å². The highest BCUT2D eigenvalue weighted by Crippen LogP contribution is 2.38. The normalized spacial score (nSPS) is 21.8. The minimum absolute atomic E-state index is 0.0806. The molecule has 2 heterocycles. The molecule has 1 aromatic carbocycles. The second kappa shape index (κ2) is 13.7. The molecular weight excluding hydrogens is 524 g/mol. The van der Waals surface area contributed by atoms with Gasteiger partial charge >= 0.3 is 0 Å². The number of hydrogen-bond acceptors (Lipinski definition) is 7. The highest BCUT2D eigenvalue weighted by molar-refractivity contribution is 8.04. The third kappa shape index (κ3) is 6.99. The Bertz CT molecular complexity index is 1200. The van der Waals surface area contributed by atoms with Crippen molar-refractivity contribution in [2.75, 3.05) is 44.6 Å². The molecule has 0 aromatic heterocycles. The molecule has 0 unspecified atom stereocenters. The van der Waals surface area contributed by atoms with Crippen LogP contribution in [0.4, 0.5) is 5.69 Å². The van der Waals surface area contributed by atoms with Gasteiger partial charge in [-0.1, -0.05) is 36.9 Å². The molecule has 0 spiro atoms. The summed E-state index contributed by atoms with van der Waals surface area (Å²) in [4.78, 5) is 42.7. The van der Waals surface area contributed by atoms with Crippen LogP contribution >= 0.6 is 11.8 Å². The lowest BCUT2D eigenvalue weighted by Gasteiger charge is -2.33. The van der Waals surface area contributed by atoms with Gasteiger partial charge in [0.1, 0.15) is 27.5 Å². The van der Waals surface area contributed by atoms with E-state index in [1.165, 1.54) is 29.5 Å². The Labute approximate surface area is 241 Å². The summed E-state index contributed by atoms with van der Waals surface area (Å²) in [7, 11) is 0. The quantitative estimate of drug-likeness (QED) is 0.228. The van der Waals surface area contributed by atoms with Gasteiger partial charge in [0.25, 0.3) is 11.8 Å². The number of anilines is 1. The summed E-state index contributed by atoms with van der Waals surface area (Å²) in [5.41, 5.74) is 0.519. The zero-order valence-electron chi connectivity index (χ0n) is 23.1. The van der Waals surface area contributed by atoms with Gasteiger partial charge in [0.05, 0.1) is 0 Å². The number of carbonyl (C=O) groups excluding carboxylic acids is 3. The first-order valence-corrected chi connectivity index (χ1v) is 15.0. The van der Waals surface area contributed by atoms with Crippen molar-refractivity contribution in [2.45, 2.75) is 62.7 Å². The molecule has 0 bridgehead atoms. The zero-order valence-corrected chi connectivity index (χ0v) is 23.9. The molecule has 1 atom stereocenters. The maximum atomic E-state index is 13.2. The van der Waals surface area contributed by atoms with Crippen LogP contribution in [0.15, 0.2) is 34.9 Å². The molecule has 3 N–H and O–H groups in total. The summed E-state index contributed by atoms with van der Waals surface area (Å²) < 4.78 is 0. The molecule has 9 nitrogen and oxygen atoms in total. The minimum Gasteiger partial charge on any atom is -0.383 e. The molecule has 212 valence electrons. The van der Waals surface area contributed by atoms with Crippen molar-refractivity contribution in [1.82, 2.24) is 20.4 Å². The Morgan fingerprint density at radius 2 is 1.82 bits per heavy atom. The molecule has 4 rings (SSSR count). The first kappa shape index (κ1) is 29.5. The second-order valence-corrected chi connectivity index (χ2v) is 11.7. The summed E-state index contributed by atoms with van der Waals surface area (Å²) in [5, 5.41) is 18.9. The monoisotopic (exact) mass is 562 g/mol. The first-order chi connectivity index (χ1) is 19.4. The van der Waals surface area contributed by atoms with Crippen molar-refractivity contribution in [1.29, 1.82) is 5.26 Å². The highest BCUT2D eigenvalue weighted by Gasteiger charge is 2.40. The number of carbonyl (C=O) groups is 3. The Morgan fingerprint density at radius 3 is 2.45 bits per heavy atom. The van der Waals surface area contributed by atoms with Gasteiger partial charge in [-0.25, -0.2) is 0 Å². The van der Waals surface area contributed by atoms with E-state index in [-0.39, 0.29) is 17.4 Å². The van der Waals surface area contributed by atoms with E-state index in [2.05, 4.69) is 26.8 Å². The molecule has 2 saturated heterocycles. The molecule has 1 saturated carbocycles. The smallest absolute Gasteiger partial charge is 0.265 e. The number of nitriles is 1. The van der Waals surface area contributed by atoms with Crippen molar-refractivity contribution in [3.8, 4) is 18.4 Å². The number of nitrogens with zero attached hydrogens (tertiary/aromatic N) is 3. The third-order valence-corrected chi connectivity index (χ3v) is 9.10. The van der Waals surface area contributed by atoms with Gasteiger partial charge in [-0.05, 0) is 70.0 Å². The summed E-state index contributed by atoms with van der Waals surface area (Å²) >= 11 is 1.22. The Morgan fingerprint density at radius 1 is 1.12 bits per heavy atom. The molecule has 2 aliphatic heterocycles. The molecular formula is C30H38N6O3S. The van der Waals surface area contributed by atoms with E-state index in [4.69, 9.17) is 6.42 Å². The lowest BCUT2D eigenvalue weighted by Crippen LogP contribution is -2.49. The number of hydrogen-bond donors (Lipinski definition) is 3. The first-order valence-electron chi connectivity index (χ1n) is 14.2. The Balaban J connectivity index is 1.35. The number of nitrogens with one attached hydrogen (secondary N) is 3. The SMILES string of the molecule is C#CC1(NC(=O)/C(C#N)=C2\S[C@H](CNc3ccc(C(=O)NCCN4CCCC4)cc3)C(=O)N2CC)CCCCC1. The lowest BCUT2D eigenvalue weighted by atomic mass is 9.82. The number of terminal acetylenes is 1. The van der Waals surface area contributed by atoms with E-state index in [1.807, 2.05) is 25.1 Å². The van der Waals surface area contributed by atoms with E-state index in [9.17, 15) is 19.6 Å². The van der Waals surface area contributed by atoms with Crippen LogP contribution in [-0.4, -0.2) is 77.6 Å². The third-order valence-electron chi connectivity index (χ3n) is 7.80. The average molecular weight is 563 g/mol. The topological polar surface area (TPSA) is 118 Å². The van der Waals surface area contributed by atoms with Gasteiger partial charge in [0.2, 0.25) is 5.91 Å². The van der Waals surface area contributed by atoms with Crippen molar-refractivity contribution >= 4 is 35.2 Å². The number of likely N-dealkylation sites (tertiary alicyclic amines) is 1. The van der Waals surface area contributed by atoms with E-state index in [0.29, 0.717) is 43.1 Å². The maximum Gasteiger partial charge on any atom is 0.265 e. The van der Waals surface area contributed by atoms with Crippen LogP contribution in [0.3, 0.4) is 0 Å². The fourth-order valence-corrected chi connectivity index (χ4v) is 6.73. The molecule has 3 amide bonds. The molecule has 40 heavy (non-hydrogen) atoms. The van der Waals surface area contributed by atoms with E-state index in [0.717, 1.165) is 44.6 Å². The molecule has 3 aliphatic rings. The molecule has 10 heteroatoms.